The van der Waals surface area contributed by atoms with Crippen LogP contribution in [0.5, 0.6) is 0 Å². The topological polar surface area (TPSA) is 0 Å². The number of hydrogen-bond donors (Lipinski definition) is 0. The first-order valence-electron chi connectivity index (χ1n) is 8.09. The summed E-state index contributed by atoms with van der Waals surface area (Å²) in [7, 11) is 10.7. The molecule has 0 fully saturated rings. The van der Waals surface area contributed by atoms with Crippen molar-refractivity contribution >= 4 is 42.3 Å². The first-order chi connectivity index (χ1) is 12.2. The molecule has 0 aliphatic carbocycles. The van der Waals surface area contributed by atoms with Gasteiger partial charge in [-0.2, -0.15) is 42.0 Å². The molecule has 4 rings (SSSR count). The first-order valence-corrected chi connectivity index (χ1v) is 15.8. The SMILES string of the molecule is C[CH]=[Zr]([Cl])[Cl].[CH2-]C.c1ccc2[cH-]ccc2c1.c1ccc2[cH-]ccc2c1. The number of hydrogen-bond acceptors (Lipinski definition) is 0. The Kier molecular flexibility index (Phi) is 11.7. The van der Waals surface area contributed by atoms with Crippen molar-refractivity contribution in [2.24, 2.45) is 0 Å². The number of rotatable bonds is 0. The smallest absolute Gasteiger partial charge is 0.0809 e. The summed E-state index contributed by atoms with van der Waals surface area (Å²) in [5.41, 5.74) is 0. The molecular formula is C22H23Cl2Zr-3. The summed E-state index contributed by atoms with van der Waals surface area (Å²) in [6.45, 7) is 6.90. The van der Waals surface area contributed by atoms with Crippen LogP contribution < -0.4 is 0 Å². The molecule has 25 heavy (non-hydrogen) atoms. The van der Waals surface area contributed by atoms with Gasteiger partial charge in [0.2, 0.25) is 0 Å². The second kappa shape index (κ2) is 13.2. The van der Waals surface area contributed by atoms with E-state index in [0.29, 0.717) is 0 Å². The van der Waals surface area contributed by atoms with Crippen molar-refractivity contribution in [2.45, 2.75) is 13.8 Å². The monoisotopic (exact) mass is 447 g/mol. The molecule has 4 aromatic rings. The van der Waals surface area contributed by atoms with Crippen LogP contribution in [0.2, 0.25) is 0 Å². The molecule has 0 saturated heterocycles. The van der Waals surface area contributed by atoms with Crippen LogP contribution in [0.4, 0.5) is 0 Å². The van der Waals surface area contributed by atoms with Gasteiger partial charge in [-0.3, -0.25) is 0 Å². The second-order valence-corrected chi connectivity index (χ2v) is 13.7. The normalized spacial score (nSPS) is 9.00. The molecule has 0 saturated carbocycles. The molecule has 132 valence electrons. The summed E-state index contributed by atoms with van der Waals surface area (Å²) in [6, 6.07) is 29.3. The fraction of sp³-hybridized carbons (Fsp3) is 0.0909. The Hall–Kier alpha value is -1.01. The van der Waals surface area contributed by atoms with E-state index in [2.05, 4.69) is 91.9 Å². The minimum atomic E-state index is -1.76. The quantitative estimate of drug-likeness (QED) is 0.241. The summed E-state index contributed by atoms with van der Waals surface area (Å²) in [6.07, 6.45) is 0. The van der Waals surface area contributed by atoms with Crippen LogP contribution in [0.1, 0.15) is 13.8 Å². The van der Waals surface area contributed by atoms with Crippen LogP contribution in [-0.4, -0.2) is 3.71 Å². The molecular weight excluding hydrogens is 426 g/mol. The van der Waals surface area contributed by atoms with Crippen LogP contribution >= 0.6 is 17.0 Å². The predicted molar refractivity (Wildman–Crippen MR) is 114 cm³/mol. The van der Waals surface area contributed by atoms with Gasteiger partial charge in [0, 0.05) is 0 Å². The molecule has 0 aliphatic heterocycles. The minimum absolute atomic E-state index is 1.33. The van der Waals surface area contributed by atoms with Gasteiger partial charge in [0.15, 0.2) is 0 Å². The van der Waals surface area contributed by atoms with Gasteiger partial charge in [-0.1, -0.05) is 12.1 Å². The molecule has 4 aromatic carbocycles. The maximum absolute atomic E-state index is 5.37. The van der Waals surface area contributed by atoms with E-state index in [1.54, 1.807) is 6.92 Å². The summed E-state index contributed by atoms with van der Waals surface area (Å²) < 4.78 is 1.89. The average molecular weight is 450 g/mol. The molecule has 0 heterocycles. The van der Waals surface area contributed by atoms with Gasteiger partial charge in [0.25, 0.3) is 0 Å². The van der Waals surface area contributed by atoms with E-state index in [9.17, 15) is 0 Å². The van der Waals surface area contributed by atoms with Gasteiger partial charge in [0.1, 0.15) is 0 Å². The fourth-order valence-corrected chi connectivity index (χ4v) is 2.14. The molecule has 0 N–H and O–H groups in total. The average Bonchev–Trinajstić information content (AvgIpc) is 3.33. The molecule has 0 atom stereocenters. The fourth-order valence-electron chi connectivity index (χ4n) is 2.14. The Morgan fingerprint density at radius 2 is 1.12 bits per heavy atom. The Labute approximate surface area is 166 Å². The van der Waals surface area contributed by atoms with E-state index in [1.807, 2.05) is 10.6 Å². The Morgan fingerprint density at radius 1 is 0.760 bits per heavy atom. The van der Waals surface area contributed by atoms with Crippen LogP contribution in [0.25, 0.3) is 21.5 Å². The minimum Gasteiger partial charge on any atom is -0.346 e. The van der Waals surface area contributed by atoms with E-state index >= 15 is 0 Å². The van der Waals surface area contributed by atoms with Crippen molar-refractivity contribution in [3.05, 3.63) is 91.9 Å². The van der Waals surface area contributed by atoms with Gasteiger partial charge in [-0.05, 0) is 0 Å². The largest absolute Gasteiger partial charge is 0.346 e. The Morgan fingerprint density at radius 3 is 1.44 bits per heavy atom. The van der Waals surface area contributed by atoms with E-state index in [1.165, 1.54) is 21.5 Å². The molecule has 0 unspecified atom stereocenters. The van der Waals surface area contributed by atoms with E-state index in [0.717, 1.165) is 0 Å². The van der Waals surface area contributed by atoms with Crippen LogP contribution in [0.3, 0.4) is 0 Å². The zero-order valence-electron chi connectivity index (χ0n) is 14.6. The van der Waals surface area contributed by atoms with Crippen molar-refractivity contribution in [3.8, 4) is 0 Å². The van der Waals surface area contributed by atoms with Crippen LogP contribution in [-0.2, 0) is 18.9 Å². The third-order valence-corrected chi connectivity index (χ3v) is 6.97. The number of halogens is 2. The molecule has 0 aliphatic rings. The van der Waals surface area contributed by atoms with E-state index in [-0.39, 0.29) is 0 Å². The van der Waals surface area contributed by atoms with Crippen LogP contribution in [0, 0.1) is 6.92 Å². The molecule has 3 heteroatoms. The summed E-state index contributed by atoms with van der Waals surface area (Å²) in [4.78, 5) is 0. The standard InChI is InChI=1S/2C9H7.C2H5.C2H4.2ClH.Zr/c2*1-2-5-9-7-3-6-8(9)4-1;2*1-2;;;/h2*1-7H;1H2,2H3;1H,2H3;2*1H;/q3*-1;;;;+2/p-2. The van der Waals surface area contributed by atoms with Gasteiger partial charge in [0.05, 0.1) is 0 Å². The number of fused-ring (bicyclic) bond motifs is 2. The van der Waals surface area contributed by atoms with Crippen molar-refractivity contribution in [1.29, 1.82) is 0 Å². The third kappa shape index (κ3) is 8.28. The Balaban J connectivity index is 0.000000187. The van der Waals surface area contributed by atoms with E-state index in [4.69, 9.17) is 17.0 Å². The van der Waals surface area contributed by atoms with Gasteiger partial charge in [-0.15, -0.1) is 59.3 Å². The Bertz CT molecular complexity index is 741. The zero-order chi connectivity index (χ0) is 18.5. The maximum atomic E-state index is 5.37. The van der Waals surface area contributed by atoms with Crippen molar-refractivity contribution in [2.75, 3.05) is 0 Å². The number of benzene rings is 2. The summed E-state index contributed by atoms with van der Waals surface area (Å²) >= 11 is -1.76. The van der Waals surface area contributed by atoms with Crippen molar-refractivity contribution in [3.63, 3.8) is 0 Å². The molecule has 0 bridgehead atoms. The molecule has 0 amide bonds. The van der Waals surface area contributed by atoms with Gasteiger partial charge < -0.3 is 6.92 Å². The molecule has 0 nitrogen and oxygen atoms in total. The van der Waals surface area contributed by atoms with Gasteiger partial charge in [-0.25, -0.2) is 0 Å². The van der Waals surface area contributed by atoms with Crippen molar-refractivity contribution in [1.82, 2.24) is 0 Å². The molecule has 0 radical (unpaired) electrons. The second-order valence-electron chi connectivity index (χ2n) is 4.89. The van der Waals surface area contributed by atoms with Crippen molar-refractivity contribution < 1.29 is 18.9 Å². The predicted octanol–water partition coefficient (Wildman–Crippen LogP) is 7.69. The molecule has 0 aromatic heterocycles. The summed E-state index contributed by atoms with van der Waals surface area (Å²) in [5, 5.41) is 5.32. The van der Waals surface area contributed by atoms with Gasteiger partial charge >= 0.3 is 46.5 Å². The zero-order valence-corrected chi connectivity index (χ0v) is 18.6. The van der Waals surface area contributed by atoms with Crippen LogP contribution in [0.15, 0.2) is 84.9 Å². The summed E-state index contributed by atoms with van der Waals surface area (Å²) in [5.74, 6) is 0. The third-order valence-electron chi connectivity index (χ3n) is 3.31. The first kappa shape index (κ1) is 22.0. The van der Waals surface area contributed by atoms with E-state index < -0.39 is 18.9 Å². The molecule has 0 spiro atoms. The maximum Gasteiger partial charge on any atom is -0.0809 e.